The minimum absolute atomic E-state index is 0.141. The first-order valence-electron chi connectivity index (χ1n) is 12.1. The molecule has 3 aromatic rings. The normalized spacial score (nSPS) is 21.0. The van der Waals surface area contributed by atoms with Crippen LogP contribution in [0.1, 0.15) is 72.1 Å². The lowest BCUT2D eigenvalue weighted by molar-refractivity contribution is 0.0723. The molecule has 1 aromatic heterocycles. The third kappa shape index (κ3) is 6.13. The van der Waals surface area contributed by atoms with Gasteiger partial charge < -0.3 is 14.4 Å². The summed E-state index contributed by atoms with van der Waals surface area (Å²) in [6.07, 6.45) is 5.33. The van der Waals surface area contributed by atoms with Crippen molar-refractivity contribution < 1.29 is 23.5 Å². The van der Waals surface area contributed by atoms with Crippen LogP contribution in [0.3, 0.4) is 0 Å². The summed E-state index contributed by atoms with van der Waals surface area (Å²) in [6.45, 7) is 8.72. The van der Waals surface area contributed by atoms with Crippen molar-refractivity contribution in [2.75, 3.05) is 13.0 Å². The molecule has 0 amide bonds. The van der Waals surface area contributed by atoms with Crippen LogP contribution in [0.25, 0.3) is 0 Å². The fraction of sp³-hybridized carbons (Fsp3) is 0.393. The summed E-state index contributed by atoms with van der Waals surface area (Å²) >= 11 is 0. The number of hydrogen-bond acceptors (Lipinski definition) is 6. The molecule has 1 aliphatic heterocycles. The number of pyridine rings is 1. The molecule has 4 rings (SSSR count). The zero-order valence-corrected chi connectivity index (χ0v) is 21.8. The Kier molecular flexibility index (Phi) is 7.95. The SMILES string of the molecule is CCC(C)c1cc(Cc2c(C)cc(OCP3(=O)OCCC(c4cccnc4)O3)cc2C)ccc1O. The first-order chi connectivity index (χ1) is 16.8. The molecular weight excluding hydrogens is 461 g/mol. The molecule has 1 fully saturated rings. The van der Waals surface area contributed by atoms with Crippen LogP contribution in [-0.2, 0) is 20.0 Å². The van der Waals surface area contributed by atoms with E-state index in [1.165, 1.54) is 5.56 Å². The van der Waals surface area contributed by atoms with E-state index >= 15 is 0 Å². The first-order valence-corrected chi connectivity index (χ1v) is 13.9. The van der Waals surface area contributed by atoms with Crippen LogP contribution in [0.15, 0.2) is 54.9 Å². The van der Waals surface area contributed by atoms with Gasteiger partial charge in [0.05, 0.1) is 12.7 Å². The van der Waals surface area contributed by atoms with E-state index in [2.05, 4.69) is 38.7 Å². The molecule has 0 saturated carbocycles. The molecule has 6 nitrogen and oxygen atoms in total. The molecule has 186 valence electrons. The molecule has 3 unspecified atom stereocenters. The third-order valence-electron chi connectivity index (χ3n) is 6.69. The highest BCUT2D eigenvalue weighted by molar-refractivity contribution is 7.53. The average molecular weight is 496 g/mol. The van der Waals surface area contributed by atoms with Gasteiger partial charge in [0.1, 0.15) is 11.5 Å². The first kappa shape index (κ1) is 25.4. The molecule has 0 radical (unpaired) electrons. The van der Waals surface area contributed by atoms with Gasteiger partial charge in [-0.1, -0.05) is 32.0 Å². The molecule has 0 spiro atoms. The maximum atomic E-state index is 13.2. The van der Waals surface area contributed by atoms with Crippen molar-refractivity contribution in [2.45, 2.75) is 59.0 Å². The number of ether oxygens (including phenoxy) is 1. The maximum absolute atomic E-state index is 13.2. The van der Waals surface area contributed by atoms with E-state index in [9.17, 15) is 9.67 Å². The lowest BCUT2D eigenvalue weighted by Gasteiger charge is -2.29. The molecule has 0 aliphatic carbocycles. The fourth-order valence-corrected chi connectivity index (χ4v) is 5.94. The van der Waals surface area contributed by atoms with Crippen molar-refractivity contribution >= 4 is 7.60 Å². The minimum Gasteiger partial charge on any atom is -0.508 e. The predicted molar refractivity (Wildman–Crippen MR) is 137 cm³/mol. The van der Waals surface area contributed by atoms with E-state index in [4.69, 9.17) is 13.8 Å². The summed E-state index contributed by atoms with van der Waals surface area (Å²) in [5.41, 5.74) is 6.43. The van der Waals surface area contributed by atoms with Crippen LogP contribution >= 0.6 is 7.60 Å². The summed E-state index contributed by atoms with van der Waals surface area (Å²) in [6, 6.07) is 13.6. The monoisotopic (exact) mass is 495 g/mol. The molecule has 3 atom stereocenters. The van der Waals surface area contributed by atoms with Crippen molar-refractivity contribution in [1.29, 1.82) is 0 Å². The van der Waals surface area contributed by atoms with Crippen molar-refractivity contribution in [3.8, 4) is 11.5 Å². The Balaban J connectivity index is 1.45. The van der Waals surface area contributed by atoms with Gasteiger partial charge in [-0.05, 0) is 90.3 Å². The van der Waals surface area contributed by atoms with Crippen LogP contribution in [0, 0.1) is 13.8 Å². The lowest BCUT2D eigenvalue weighted by atomic mass is 9.91. The second-order valence-electron chi connectivity index (χ2n) is 9.30. The van der Waals surface area contributed by atoms with Gasteiger partial charge in [0.15, 0.2) is 6.35 Å². The summed E-state index contributed by atoms with van der Waals surface area (Å²) in [5.74, 6) is 1.30. The van der Waals surface area contributed by atoms with Crippen molar-refractivity contribution in [2.24, 2.45) is 0 Å². The smallest absolute Gasteiger partial charge is 0.368 e. The Morgan fingerprint density at radius 3 is 2.66 bits per heavy atom. The highest BCUT2D eigenvalue weighted by Crippen LogP contribution is 2.55. The number of benzene rings is 2. The standard InChI is InChI=1S/C28H34NO5P/c1-5-19(2)26-16-22(8-9-27(26)30)15-25-20(3)13-24(14-21(25)4)32-18-35(31)33-12-10-28(34-35)23-7-6-11-29-17-23/h6-9,11,13-14,16-17,19,28,30H,5,10,12,15,18H2,1-4H3. The molecule has 0 bridgehead atoms. The van der Waals surface area contributed by atoms with Crippen LogP contribution < -0.4 is 4.74 Å². The Bertz CT molecular complexity index is 1190. The molecule has 35 heavy (non-hydrogen) atoms. The van der Waals surface area contributed by atoms with E-state index in [-0.39, 0.29) is 12.5 Å². The van der Waals surface area contributed by atoms with Gasteiger partial charge in [0, 0.05) is 18.8 Å². The topological polar surface area (TPSA) is 77.9 Å². The van der Waals surface area contributed by atoms with Gasteiger partial charge in [0.2, 0.25) is 0 Å². The van der Waals surface area contributed by atoms with E-state index in [0.717, 1.165) is 40.7 Å². The van der Waals surface area contributed by atoms with Crippen molar-refractivity contribution in [3.05, 3.63) is 88.2 Å². The fourth-order valence-electron chi connectivity index (χ4n) is 4.44. The third-order valence-corrected chi connectivity index (χ3v) is 8.28. The van der Waals surface area contributed by atoms with E-state index in [1.807, 2.05) is 30.3 Å². The van der Waals surface area contributed by atoms with Gasteiger partial charge in [-0.25, -0.2) is 0 Å². The number of hydrogen-bond donors (Lipinski definition) is 1. The largest absolute Gasteiger partial charge is 0.508 e. The zero-order valence-electron chi connectivity index (χ0n) is 20.9. The highest BCUT2D eigenvalue weighted by Gasteiger charge is 2.35. The number of aromatic hydroxyl groups is 1. The molecule has 7 heteroatoms. The minimum atomic E-state index is -3.39. The Morgan fingerprint density at radius 2 is 1.97 bits per heavy atom. The molecule has 1 saturated heterocycles. The molecule has 1 N–H and O–H groups in total. The molecule has 1 aliphatic rings. The Labute approximate surface area is 207 Å². The highest BCUT2D eigenvalue weighted by atomic mass is 31.2. The predicted octanol–water partition coefficient (Wildman–Crippen LogP) is 7.22. The summed E-state index contributed by atoms with van der Waals surface area (Å²) < 4.78 is 30.5. The van der Waals surface area contributed by atoms with Crippen LogP contribution in [-0.4, -0.2) is 23.0 Å². The van der Waals surface area contributed by atoms with Crippen molar-refractivity contribution in [1.82, 2.24) is 4.98 Å². The Hall–Kier alpha value is -2.66. The van der Waals surface area contributed by atoms with Gasteiger partial charge in [0.25, 0.3) is 0 Å². The average Bonchev–Trinajstić information content (AvgIpc) is 2.86. The molecule has 2 heterocycles. The van der Waals surface area contributed by atoms with E-state index < -0.39 is 7.60 Å². The van der Waals surface area contributed by atoms with Gasteiger partial charge in [-0.2, -0.15) is 0 Å². The summed E-state index contributed by atoms with van der Waals surface area (Å²) in [4.78, 5) is 4.13. The second kappa shape index (κ2) is 10.9. The number of aromatic nitrogens is 1. The van der Waals surface area contributed by atoms with Crippen LogP contribution in [0.5, 0.6) is 11.5 Å². The zero-order chi connectivity index (χ0) is 25.0. The molecule has 2 aromatic carbocycles. The van der Waals surface area contributed by atoms with Gasteiger partial charge in [-0.15, -0.1) is 0 Å². The van der Waals surface area contributed by atoms with Gasteiger partial charge >= 0.3 is 7.60 Å². The molecular formula is C28H34NO5P. The van der Waals surface area contributed by atoms with Crippen LogP contribution in [0.2, 0.25) is 0 Å². The second-order valence-corrected chi connectivity index (χ2v) is 11.3. The van der Waals surface area contributed by atoms with E-state index in [1.54, 1.807) is 18.5 Å². The maximum Gasteiger partial charge on any atom is 0.368 e. The summed E-state index contributed by atoms with van der Waals surface area (Å²) in [5, 5.41) is 10.3. The quantitative estimate of drug-likeness (QED) is 0.333. The van der Waals surface area contributed by atoms with Crippen LogP contribution in [0.4, 0.5) is 0 Å². The number of phenols is 1. The van der Waals surface area contributed by atoms with E-state index in [0.29, 0.717) is 30.4 Å². The number of aryl methyl sites for hydroxylation is 2. The van der Waals surface area contributed by atoms with Crippen molar-refractivity contribution in [3.63, 3.8) is 0 Å². The number of rotatable bonds is 8. The number of phenolic OH excluding ortho intramolecular Hbond substituents is 1. The Morgan fingerprint density at radius 1 is 1.20 bits per heavy atom. The number of nitrogens with zero attached hydrogens (tertiary/aromatic N) is 1. The van der Waals surface area contributed by atoms with Gasteiger partial charge in [-0.3, -0.25) is 14.1 Å². The lowest BCUT2D eigenvalue weighted by Crippen LogP contribution is -2.17. The summed E-state index contributed by atoms with van der Waals surface area (Å²) in [7, 11) is -3.39.